The van der Waals surface area contributed by atoms with E-state index >= 15 is 0 Å². The maximum Gasteiger partial charge on any atom is 0.224 e. The van der Waals surface area contributed by atoms with Crippen LogP contribution in [-0.2, 0) is 11.2 Å². The van der Waals surface area contributed by atoms with E-state index in [0.717, 1.165) is 18.4 Å². The fourth-order valence-electron chi connectivity index (χ4n) is 2.13. The van der Waals surface area contributed by atoms with Gasteiger partial charge in [-0.1, -0.05) is 32.0 Å². The number of carbonyl (C=O) groups excluding carboxylic acids is 1. The van der Waals surface area contributed by atoms with Gasteiger partial charge in [0.15, 0.2) is 0 Å². The largest absolute Gasteiger partial charge is 0.394 e. The number of carbonyl (C=O) groups is 1. The fraction of sp³-hybridized carbons (Fsp3) is 0.562. The Hall–Kier alpha value is -1.35. The molecule has 1 amide bonds. The van der Waals surface area contributed by atoms with E-state index in [4.69, 9.17) is 0 Å². The minimum Gasteiger partial charge on any atom is -0.394 e. The third-order valence-electron chi connectivity index (χ3n) is 4.00. The summed E-state index contributed by atoms with van der Waals surface area (Å²) in [6.45, 7) is 8.06. The SMILES string of the molecule is CCC(CC)(CO)NC(=O)Cc1ccc(C)c(C)c1. The molecule has 1 aromatic rings. The van der Waals surface area contributed by atoms with Crippen LogP contribution in [0.1, 0.15) is 43.4 Å². The van der Waals surface area contributed by atoms with E-state index in [-0.39, 0.29) is 12.5 Å². The van der Waals surface area contributed by atoms with Gasteiger partial charge in [-0.25, -0.2) is 0 Å². The van der Waals surface area contributed by atoms with Crippen LogP contribution in [0.5, 0.6) is 0 Å². The van der Waals surface area contributed by atoms with Gasteiger partial charge in [0.2, 0.25) is 5.91 Å². The van der Waals surface area contributed by atoms with Gasteiger partial charge in [0.05, 0.1) is 18.6 Å². The molecule has 0 saturated heterocycles. The first kappa shape index (κ1) is 15.7. The molecule has 106 valence electrons. The second-order valence-electron chi connectivity index (χ2n) is 5.29. The highest BCUT2D eigenvalue weighted by molar-refractivity contribution is 5.79. The van der Waals surface area contributed by atoms with E-state index in [1.807, 2.05) is 39.0 Å². The third-order valence-corrected chi connectivity index (χ3v) is 4.00. The molecule has 0 aromatic heterocycles. The van der Waals surface area contributed by atoms with Crippen LogP contribution in [0.25, 0.3) is 0 Å². The Morgan fingerprint density at radius 3 is 2.32 bits per heavy atom. The van der Waals surface area contributed by atoms with Crippen LogP contribution in [0.2, 0.25) is 0 Å². The Labute approximate surface area is 116 Å². The fourth-order valence-corrected chi connectivity index (χ4v) is 2.13. The van der Waals surface area contributed by atoms with Gasteiger partial charge in [0.1, 0.15) is 0 Å². The first-order valence-electron chi connectivity index (χ1n) is 6.94. The molecule has 0 bridgehead atoms. The number of hydrogen-bond donors (Lipinski definition) is 2. The molecule has 1 aromatic carbocycles. The molecule has 2 N–H and O–H groups in total. The average molecular weight is 263 g/mol. The highest BCUT2D eigenvalue weighted by atomic mass is 16.3. The van der Waals surface area contributed by atoms with Crippen LogP contribution >= 0.6 is 0 Å². The van der Waals surface area contributed by atoms with Crippen LogP contribution in [-0.4, -0.2) is 23.2 Å². The Balaban J connectivity index is 2.71. The summed E-state index contributed by atoms with van der Waals surface area (Å²) < 4.78 is 0. The van der Waals surface area contributed by atoms with E-state index in [9.17, 15) is 9.90 Å². The maximum atomic E-state index is 12.1. The minimum atomic E-state index is -0.475. The molecule has 0 aliphatic rings. The standard InChI is InChI=1S/C16H25NO2/c1-5-16(6-2,11-18)17-15(19)10-14-8-7-12(3)13(4)9-14/h7-9,18H,5-6,10-11H2,1-4H3,(H,17,19). The third kappa shape index (κ3) is 4.06. The number of aryl methyl sites for hydroxylation is 2. The van der Waals surface area contributed by atoms with Crippen molar-refractivity contribution in [2.75, 3.05) is 6.61 Å². The zero-order valence-corrected chi connectivity index (χ0v) is 12.4. The summed E-state index contributed by atoms with van der Waals surface area (Å²) in [5.41, 5.74) is 2.97. The van der Waals surface area contributed by atoms with Gasteiger partial charge in [-0.05, 0) is 43.4 Å². The van der Waals surface area contributed by atoms with Crippen molar-refractivity contribution in [3.8, 4) is 0 Å². The van der Waals surface area contributed by atoms with Gasteiger partial charge in [0.25, 0.3) is 0 Å². The lowest BCUT2D eigenvalue weighted by molar-refractivity contribution is -0.123. The first-order valence-corrected chi connectivity index (χ1v) is 6.94. The molecule has 0 saturated carbocycles. The Morgan fingerprint density at radius 2 is 1.84 bits per heavy atom. The highest BCUT2D eigenvalue weighted by Gasteiger charge is 2.26. The Bertz CT molecular complexity index is 428. The van der Waals surface area contributed by atoms with Crippen molar-refractivity contribution in [2.24, 2.45) is 0 Å². The molecule has 3 nitrogen and oxygen atoms in total. The van der Waals surface area contributed by atoms with Crippen LogP contribution in [0.15, 0.2) is 18.2 Å². The average Bonchev–Trinajstić information content (AvgIpc) is 2.40. The second-order valence-corrected chi connectivity index (χ2v) is 5.29. The number of benzene rings is 1. The number of amides is 1. The summed E-state index contributed by atoms with van der Waals surface area (Å²) in [5.74, 6) is -0.0268. The predicted octanol–water partition coefficient (Wildman–Crippen LogP) is 2.51. The van der Waals surface area contributed by atoms with Crippen LogP contribution in [0, 0.1) is 13.8 Å². The Morgan fingerprint density at radius 1 is 1.21 bits per heavy atom. The van der Waals surface area contributed by atoms with Crippen molar-refractivity contribution < 1.29 is 9.90 Å². The zero-order valence-electron chi connectivity index (χ0n) is 12.4. The summed E-state index contributed by atoms with van der Waals surface area (Å²) >= 11 is 0. The zero-order chi connectivity index (χ0) is 14.5. The number of hydrogen-bond acceptors (Lipinski definition) is 2. The van der Waals surface area contributed by atoms with E-state index in [1.54, 1.807) is 0 Å². The van der Waals surface area contributed by atoms with Crippen molar-refractivity contribution in [2.45, 2.75) is 52.5 Å². The summed E-state index contributed by atoms with van der Waals surface area (Å²) in [6, 6.07) is 6.07. The lowest BCUT2D eigenvalue weighted by Gasteiger charge is -2.30. The van der Waals surface area contributed by atoms with Crippen molar-refractivity contribution in [3.63, 3.8) is 0 Å². The minimum absolute atomic E-state index is 0.0152. The van der Waals surface area contributed by atoms with Gasteiger partial charge >= 0.3 is 0 Å². The molecule has 0 fully saturated rings. The lowest BCUT2D eigenvalue weighted by atomic mass is 9.93. The van der Waals surface area contributed by atoms with Gasteiger partial charge in [-0.3, -0.25) is 4.79 Å². The van der Waals surface area contributed by atoms with Crippen LogP contribution in [0.4, 0.5) is 0 Å². The summed E-state index contributed by atoms with van der Waals surface area (Å²) in [7, 11) is 0. The van der Waals surface area contributed by atoms with Crippen LogP contribution in [0.3, 0.4) is 0 Å². The van der Waals surface area contributed by atoms with Crippen molar-refractivity contribution in [3.05, 3.63) is 34.9 Å². The van der Waals surface area contributed by atoms with E-state index in [2.05, 4.69) is 12.2 Å². The molecular formula is C16H25NO2. The second kappa shape index (κ2) is 6.71. The molecule has 0 unspecified atom stereocenters. The molecule has 0 aliphatic heterocycles. The topological polar surface area (TPSA) is 49.3 Å². The van der Waals surface area contributed by atoms with Crippen LogP contribution < -0.4 is 5.32 Å². The molecule has 19 heavy (non-hydrogen) atoms. The molecule has 0 spiro atoms. The van der Waals surface area contributed by atoms with Crippen molar-refractivity contribution in [1.82, 2.24) is 5.32 Å². The van der Waals surface area contributed by atoms with Gasteiger partial charge in [0, 0.05) is 0 Å². The normalized spacial score (nSPS) is 11.4. The smallest absolute Gasteiger partial charge is 0.224 e. The summed E-state index contributed by atoms with van der Waals surface area (Å²) in [5, 5.41) is 12.4. The monoisotopic (exact) mass is 263 g/mol. The number of rotatable bonds is 6. The molecule has 0 aliphatic carbocycles. The molecule has 3 heteroatoms. The summed E-state index contributed by atoms with van der Waals surface area (Å²) in [4.78, 5) is 12.1. The number of nitrogens with one attached hydrogen (secondary N) is 1. The first-order chi connectivity index (χ1) is 8.96. The Kier molecular flexibility index (Phi) is 5.55. The van der Waals surface area contributed by atoms with E-state index in [1.165, 1.54) is 11.1 Å². The number of aliphatic hydroxyl groups excluding tert-OH is 1. The van der Waals surface area contributed by atoms with E-state index < -0.39 is 5.54 Å². The van der Waals surface area contributed by atoms with Crippen molar-refractivity contribution >= 4 is 5.91 Å². The summed E-state index contributed by atoms with van der Waals surface area (Å²) in [6.07, 6.45) is 1.83. The van der Waals surface area contributed by atoms with Gasteiger partial charge in [-0.2, -0.15) is 0 Å². The van der Waals surface area contributed by atoms with Gasteiger partial charge < -0.3 is 10.4 Å². The molecule has 1 rings (SSSR count). The van der Waals surface area contributed by atoms with E-state index in [0.29, 0.717) is 6.42 Å². The molecule has 0 radical (unpaired) electrons. The quantitative estimate of drug-likeness (QED) is 0.828. The number of aliphatic hydroxyl groups is 1. The van der Waals surface area contributed by atoms with Crippen molar-refractivity contribution in [1.29, 1.82) is 0 Å². The molecule has 0 atom stereocenters. The maximum absolute atomic E-state index is 12.1. The van der Waals surface area contributed by atoms with Gasteiger partial charge in [-0.15, -0.1) is 0 Å². The molecule has 0 heterocycles. The highest BCUT2D eigenvalue weighted by Crippen LogP contribution is 2.15. The lowest BCUT2D eigenvalue weighted by Crippen LogP contribution is -2.51. The molecular weight excluding hydrogens is 238 g/mol. The predicted molar refractivity (Wildman–Crippen MR) is 78.2 cm³/mol.